The van der Waals surface area contributed by atoms with Gasteiger partial charge in [0.1, 0.15) is 0 Å². The molecule has 3 amide bonds. The Balaban J connectivity index is 1.87. The van der Waals surface area contributed by atoms with Crippen LogP contribution in [0.2, 0.25) is 5.02 Å². The van der Waals surface area contributed by atoms with Crippen molar-refractivity contribution in [2.75, 3.05) is 32.5 Å². The zero-order chi connectivity index (χ0) is 15.4. The van der Waals surface area contributed by atoms with Gasteiger partial charge in [-0.3, -0.25) is 4.79 Å². The Hall–Kier alpha value is -1.75. The monoisotopic (exact) mass is 309 g/mol. The van der Waals surface area contributed by atoms with E-state index in [1.54, 1.807) is 42.1 Å². The average molecular weight is 310 g/mol. The molecule has 1 aromatic rings. The van der Waals surface area contributed by atoms with Gasteiger partial charge in [-0.05, 0) is 31.0 Å². The Bertz CT molecular complexity index is 525. The molecule has 0 aliphatic carbocycles. The van der Waals surface area contributed by atoms with Gasteiger partial charge >= 0.3 is 6.03 Å². The maximum Gasteiger partial charge on any atom is 0.319 e. The van der Waals surface area contributed by atoms with Crippen molar-refractivity contribution in [3.05, 3.63) is 29.3 Å². The fraction of sp³-hybridized carbons (Fsp3) is 0.467. The van der Waals surface area contributed by atoms with E-state index in [1.165, 1.54) is 0 Å². The molecule has 0 aromatic heterocycles. The third-order valence-electron chi connectivity index (χ3n) is 3.61. The summed E-state index contributed by atoms with van der Waals surface area (Å²) in [5.41, 5.74) is 0.708. The van der Waals surface area contributed by atoms with E-state index >= 15 is 0 Å². The van der Waals surface area contributed by atoms with Crippen LogP contribution < -0.4 is 5.32 Å². The number of nitrogens with zero attached hydrogens (tertiary/aromatic N) is 2. The van der Waals surface area contributed by atoms with Gasteiger partial charge in [0.05, 0.1) is 0 Å². The van der Waals surface area contributed by atoms with E-state index < -0.39 is 0 Å². The van der Waals surface area contributed by atoms with Crippen LogP contribution in [0.1, 0.15) is 12.8 Å². The van der Waals surface area contributed by atoms with Crippen molar-refractivity contribution in [1.82, 2.24) is 9.80 Å². The van der Waals surface area contributed by atoms with Crippen molar-refractivity contribution in [3.8, 4) is 0 Å². The van der Waals surface area contributed by atoms with Crippen LogP contribution in [0, 0.1) is 5.92 Å². The molecule has 1 aromatic carbocycles. The molecule has 1 saturated heterocycles. The minimum Gasteiger partial charge on any atom is -0.331 e. The summed E-state index contributed by atoms with van der Waals surface area (Å²) in [5.74, 6) is -0.0654. The summed E-state index contributed by atoms with van der Waals surface area (Å²) >= 11 is 5.90. The Kier molecular flexibility index (Phi) is 5.07. The van der Waals surface area contributed by atoms with E-state index in [0.717, 1.165) is 0 Å². The van der Waals surface area contributed by atoms with Gasteiger partial charge in [0.15, 0.2) is 0 Å². The summed E-state index contributed by atoms with van der Waals surface area (Å²) in [5, 5.41) is 3.48. The number of nitrogens with one attached hydrogen (secondary N) is 1. The highest BCUT2D eigenvalue weighted by Gasteiger charge is 2.27. The van der Waals surface area contributed by atoms with E-state index in [4.69, 9.17) is 11.6 Å². The molecule has 0 radical (unpaired) electrons. The van der Waals surface area contributed by atoms with Gasteiger partial charge in [0, 0.05) is 43.8 Å². The number of carbonyl (C=O) groups is 2. The third kappa shape index (κ3) is 4.11. The lowest BCUT2D eigenvalue weighted by molar-refractivity contribution is -0.121. The predicted octanol–water partition coefficient (Wildman–Crippen LogP) is 2.67. The molecule has 1 aliphatic rings. The van der Waals surface area contributed by atoms with Gasteiger partial charge < -0.3 is 15.1 Å². The summed E-state index contributed by atoms with van der Waals surface area (Å²) in [6.45, 7) is 1.23. The highest BCUT2D eigenvalue weighted by atomic mass is 35.5. The molecule has 5 nitrogen and oxygen atoms in total. The quantitative estimate of drug-likeness (QED) is 0.913. The second kappa shape index (κ2) is 6.80. The molecule has 114 valence electrons. The van der Waals surface area contributed by atoms with Crippen LogP contribution in [-0.2, 0) is 4.79 Å². The first kappa shape index (κ1) is 15.6. The van der Waals surface area contributed by atoms with Crippen molar-refractivity contribution >= 4 is 29.2 Å². The van der Waals surface area contributed by atoms with Crippen LogP contribution in [0.25, 0.3) is 0 Å². The Labute approximate surface area is 129 Å². The van der Waals surface area contributed by atoms with E-state index in [9.17, 15) is 9.59 Å². The third-order valence-corrected chi connectivity index (χ3v) is 3.85. The van der Waals surface area contributed by atoms with Crippen LogP contribution in [0.5, 0.6) is 0 Å². The zero-order valence-corrected chi connectivity index (χ0v) is 13.1. The maximum atomic E-state index is 12.2. The molecule has 1 heterocycles. The number of piperidine rings is 1. The van der Waals surface area contributed by atoms with Crippen LogP contribution >= 0.6 is 11.6 Å². The molecule has 0 saturated carbocycles. The van der Waals surface area contributed by atoms with Gasteiger partial charge in [-0.25, -0.2) is 4.79 Å². The van der Waals surface area contributed by atoms with Crippen molar-refractivity contribution in [1.29, 1.82) is 0 Å². The molecular weight excluding hydrogens is 290 g/mol. The van der Waals surface area contributed by atoms with Gasteiger partial charge in [-0.15, -0.1) is 0 Å². The van der Waals surface area contributed by atoms with E-state index in [-0.39, 0.29) is 17.9 Å². The molecule has 0 atom stereocenters. The normalized spacial score (nSPS) is 15.7. The SMILES string of the molecule is CN(C)C(=O)N1CCC(C(=O)Nc2cccc(Cl)c2)CC1. The predicted molar refractivity (Wildman–Crippen MR) is 83.5 cm³/mol. The Morgan fingerprint density at radius 2 is 1.95 bits per heavy atom. The smallest absolute Gasteiger partial charge is 0.319 e. The summed E-state index contributed by atoms with van der Waals surface area (Å²) in [4.78, 5) is 27.4. The van der Waals surface area contributed by atoms with Gasteiger partial charge in [0.25, 0.3) is 0 Å². The van der Waals surface area contributed by atoms with Crippen LogP contribution in [0.15, 0.2) is 24.3 Å². The zero-order valence-electron chi connectivity index (χ0n) is 12.3. The second-order valence-electron chi connectivity index (χ2n) is 5.44. The fourth-order valence-electron chi connectivity index (χ4n) is 2.43. The van der Waals surface area contributed by atoms with Gasteiger partial charge in [-0.1, -0.05) is 17.7 Å². The minimum absolute atomic E-state index is 0.00343. The highest BCUT2D eigenvalue weighted by Crippen LogP contribution is 2.21. The fourth-order valence-corrected chi connectivity index (χ4v) is 2.62. The Morgan fingerprint density at radius 3 is 2.52 bits per heavy atom. The lowest BCUT2D eigenvalue weighted by Crippen LogP contribution is -2.45. The maximum absolute atomic E-state index is 12.2. The Morgan fingerprint density at radius 1 is 1.29 bits per heavy atom. The van der Waals surface area contributed by atoms with Crippen molar-refractivity contribution in [3.63, 3.8) is 0 Å². The number of halogens is 1. The molecule has 2 rings (SSSR count). The summed E-state index contributed by atoms with van der Waals surface area (Å²) < 4.78 is 0. The number of rotatable bonds is 2. The number of hydrogen-bond donors (Lipinski definition) is 1. The molecule has 21 heavy (non-hydrogen) atoms. The topological polar surface area (TPSA) is 52.7 Å². The van der Waals surface area contributed by atoms with E-state index in [1.807, 2.05) is 6.07 Å². The molecule has 1 N–H and O–H groups in total. The van der Waals surface area contributed by atoms with Crippen LogP contribution in [-0.4, -0.2) is 48.9 Å². The highest BCUT2D eigenvalue weighted by molar-refractivity contribution is 6.30. The molecule has 0 unspecified atom stereocenters. The van der Waals surface area contributed by atoms with Crippen molar-refractivity contribution in [2.24, 2.45) is 5.92 Å². The molecule has 0 bridgehead atoms. The first-order valence-electron chi connectivity index (χ1n) is 7.00. The van der Waals surface area contributed by atoms with Crippen molar-refractivity contribution < 1.29 is 9.59 Å². The number of amides is 3. The number of hydrogen-bond acceptors (Lipinski definition) is 2. The number of anilines is 1. The first-order valence-corrected chi connectivity index (χ1v) is 7.38. The second-order valence-corrected chi connectivity index (χ2v) is 5.87. The minimum atomic E-state index is -0.0600. The average Bonchev–Trinajstić information content (AvgIpc) is 2.46. The number of benzene rings is 1. The molecule has 6 heteroatoms. The summed E-state index contributed by atoms with van der Waals surface area (Å²) in [7, 11) is 3.47. The van der Waals surface area contributed by atoms with Crippen LogP contribution in [0.3, 0.4) is 0 Å². The lowest BCUT2D eigenvalue weighted by Gasteiger charge is -2.33. The molecule has 1 fully saturated rings. The molecule has 0 spiro atoms. The van der Waals surface area contributed by atoms with E-state index in [0.29, 0.717) is 36.6 Å². The van der Waals surface area contributed by atoms with Gasteiger partial charge in [-0.2, -0.15) is 0 Å². The van der Waals surface area contributed by atoms with Crippen molar-refractivity contribution in [2.45, 2.75) is 12.8 Å². The summed E-state index contributed by atoms with van der Waals surface area (Å²) in [6.07, 6.45) is 1.37. The summed E-state index contributed by atoms with van der Waals surface area (Å²) in [6, 6.07) is 7.11. The number of carbonyl (C=O) groups excluding carboxylic acids is 2. The van der Waals surface area contributed by atoms with Gasteiger partial charge in [0.2, 0.25) is 5.91 Å². The van der Waals surface area contributed by atoms with Crippen LogP contribution in [0.4, 0.5) is 10.5 Å². The lowest BCUT2D eigenvalue weighted by atomic mass is 9.96. The van der Waals surface area contributed by atoms with E-state index in [2.05, 4.69) is 5.32 Å². The number of urea groups is 1. The standard InChI is InChI=1S/C15H20ClN3O2/c1-18(2)15(21)19-8-6-11(7-9-19)14(20)17-13-5-3-4-12(16)10-13/h3-5,10-11H,6-9H2,1-2H3,(H,17,20). The largest absolute Gasteiger partial charge is 0.331 e. The number of likely N-dealkylation sites (tertiary alicyclic amines) is 1. The first-order chi connectivity index (χ1) is 9.97. The molecule has 1 aliphatic heterocycles. The molecular formula is C15H20ClN3O2.